The molecule has 0 saturated carbocycles. The molecule has 0 aliphatic heterocycles. The van der Waals surface area contributed by atoms with Gasteiger partial charge >= 0.3 is 5.97 Å². The number of carbonyl (C=O) groups excluding carboxylic acids is 1. The fourth-order valence-corrected chi connectivity index (χ4v) is 2.02. The molecule has 4 nitrogen and oxygen atoms in total. The van der Waals surface area contributed by atoms with Gasteiger partial charge in [-0.05, 0) is 26.3 Å². The number of hydrogen-bond acceptors (Lipinski definition) is 4. The number of nitrogens with zero attached hydrogens (tertiary/aromatic N) is 1. The van der Waals surface area contributed by atoms with E-state index in [4.69, 9.17) is 4.74 Å². The minimum absolute atomic E-state index is 0.0475. The standard InChI is InChI=1S/C16H25NO3/c1-4-20-16(19)10-15(18)12-17(13(2)3)11-14-8-6-5-7-9-14/h5-9,13,15,18H,4,10-12H2,1-3H3. The van der Waals surface area contributed by atoms with Crippen molar-refractivity contribution in [3.8, 4) is 0 Å². The number of aliphatic hydroxyl groups excluding tert-OH is 1. The van der Waals surface area contributed by atoms with Gasteiger partial charge in [-0.25, -0.2) is 0 Å². The van der Waals surface area contributed by atoms with Crippen molar-refractivity contribution in [3.63, 3.8) is 0 Å². The van der Waals surface area contributed by atoms with Crippen LogP contribution in [0, 0.1) is 0 Å². The normalized spacial score (nSPS) is 12.7. The molecule has 1 unspecified atom stereocenters. The number of carbonyl (C=O) groups is 1. The largest absolute Gasteiger partial charge is 0.466 e. The van der Waals surface area contributed by atoms with Crippen LogP contribution in [0.5, 0.6) is 0 Å². The maximum absolute atomic E-state index is 11.4. The zero-order valence-corrected chi connectivity index (χ0v) is 12.6. The molecule has 1 atom stereocenters. The Hall–Kier alpha value is -1.39. The molecule has 0 spiro atoms. The molecule has 1 N–H and O–H groups in total. The van der Waals surface area contributed by atoms with Crippen molar-refractivity contribution < 1.29 is 14.6 Å². The van der Waals surface area contributed by atoms with Gasteiger partial charge in [-0.2, -0.15) is 0 Å². The Labute approximate surface area is 121 Å². The maximum Gasteiger partial charge on any atom is 0.308 e. The molecule has 1 aromatic carbocycles. The van der Waals surface area contributed by atoms with Crippen LogP contribution in [0.15, 0.2) is 30.3 Å². The molecule has 0 fully saturated rings. The molecule has 20 heavy (non-hydrogen) atoms. The summed E-state index contributed by atoms with van der Waals surface area (Å²) in [6.07, 6.45) is -0.647. The average molecular weight is 279 g/mol. The van der Waals surface area contributed by atoms with Crippen LogP contribution in [0.1, 0.15) is 32.8 Å². The van der Waals surface area contributed by atoms with Gasteiger partial charge in [-0.1, -0.05) is 30.3 Å². The summed E-state index contributed by atoms with van der Waals surface area (Å²) in [6, 6.07) is 10.4. The molecular formula is C16H25NO3. The van der Waals surface area contributed by atoms with E-state index >= 15 is 0 Å². The second kappa shape index (κ2) is 8.72. The van der Waals surface area contributed by atoms with E-state index in [0.29, 0.717) is 19.2 Å². The Morgan fingerprint density at radius 3 is 2.50 bits per heavy atom. The number of benzene rings is 1. The molecule has 1 aromatic rings. The first kappa shape index (κ1) is 16.7. The monoisotopic (exact) mass is 279 g/mol. The molecule has 0 heterocycles. The molecule has 0 aliphatic rings. The summed E-state index contributed by atoms with van der Waals surface area (Å²) in [4.78, 5) is 13.5. The predicted molar refractivity (Wildman–Crippen MR) is 79.2 cm³/mol. The van der Waals surface area contributed by atoms with Gasteiger partial charge in [0.1, 0.15) is 0 Å². The summed E-state index contributed by atoms with van der Waals surface area (Å²) in [6.45, 7) is 7.51. The van der Waals surface area contributed by atoms with E-state index in [1.807, 2.05) is 18.2 Å². The third kappa shape index (κ3) is 6.17. The lowest BCUT2D eigenvalue weighted by Gasteiger charge is -2.28. The van der Waals surface area contributed by atoms with Crippen LogP contribution in [0.2, 0.25) is 0 Å². The topological polar surface area (TPSA) is 49.8 Å². The van der Waals surface area contributed by atoms with Gasteiger partial charge in [-0.15, -0.1) is 0 Å². The van der Waals surface area contributed by atoms with Crippen LogP contribution in [-0.4, -0.2) is 41.3 Å². The van der Waals surface area contributed by atoms with Crippen LogP contribution in [0.4, 0.5) is 0 Å². The van der Waals surface area contributed by atoms with Crippen LogP contribution in [-0.2, 0) is 16.1 Å². The minimum Gasteiger partial charge on any atom is -0.466 e. The Balaban J connectivity index is 2.52. The minimum atomic E-state index is -0.694. The smallest absolute Gasteiger partial charge is 0.308 e. The highest BCUT2D eigenvalue weighted by Gasteiger charge is 2.18. The number of aliphatic hydroxyl groups is 1. The van der Waals surface area contributed by atoms with Crippen molar-refractivity contribution in [2.45, 2.75) is 45.9 Å². The zero-order chi connectivity index (χ0) is 15.0. The maximum atomic E-state index is 11.4. The lowest BCUT2D eigenvalue weighted by Crippen LogP contribution is -2.38. The summed E-state index contributed by atoms with van der Waals surface area (Å²) in [5, 5.41) is 10.0. The van der Waals surface area contributed by atoms with Crippen molar-refractivity contribution in [1.29, 1.82) is 0 Å². The fraction of sp³-hybridized carbons (Fsp3) is 0.562. The van der Waals surface area contributed by atoms with Crippen LogP contribution in [0.25, 0.3) is 0 Å². The average Bonchev–Trinajstić information content (AvgIpc) is 2.39. The highest BCUT2D eigenvalue weighted by Crippen LogP contribution is 2.10. The Bertz CT molecular complexity index is 392. The van der Waals surface area contributed by atoms with Gasteiger partial charge in [0, 0.05) is 19.1 Å². The summed E-state index contributed by atoms with van der Waals surface area (Å²) in [5.74, 6) is -0.344. The van der Waals surface area contributed by atoms with Gasteiger partial charge in [0.05, 0.1) is 19.1 Å². The molecule has 0 aromatic heterocycles. The van der Waals surface area contributed by atoms with Crippen LogP contribution >= 0.6 is 0 Å². The third-order valence-corrected chi connectivity index (χ3v) is 3.11. The van der Waals surface area contributed by atoms with Gasteiger partial charge < -0.3 is 9.84 Å². The van der Waals surface area contributed by atoms with Gasteiger partial charge in [0.2, 0.25) is 0 Å². The van der Waals surface area contributed by atoms with E-state index in [0.717, 1.165) is 6.54 Å². The molecule has 112 valence electrons. The number of ether oxygens (including phenoxy) is 1. The summed E-state index contributed by atoms with van der Waals surface area (Å²) in [5.41, 5.74) is 1.20. The van der Waals surface area contributed by atoms with Crippen molar-refractivity contribution in [2.24, 2.45) is 0 Å². The third-order valence-electron chi connectivity index (χ3n) is 3.11. The number of esters is 1. The first-order chi connectivity index (χ1) is 9.52. The highest BCUT2D eigenvalue weighted by molar-refractivity contribution is 5.69. The van der Waals surface area contributed by atoms with Crippen molar-refractivity contribution in [2.75, 3.05) is 13.2 Å². The van der Waals surface area contributed by atoms with E-state index in [2.05, 4.69) is 30.9 Å². The Morgan fingerprint density at radius 2 is 1.95 bits per heavy atom. The van der Waals surface area contributed by atoms with E-state index < -0.39 is 6.10 Å². The number of rotatable bonds is 8. The summed E-state index contributed by atoms with van der Waals surface area (Å²) >= 11 is 0. The molecule has 0 amide bonds. The van der Waals surface area contributed by atoms with Crippen LogP contribution < -0.4 is 0 Å². The number of hydrogen-bond donors (Lipinski definition) is 1. The Kier molecular flexibility index (Phi) is 7.26. The van der Waals surface area contributed by atoms with Crippen molar-refractivity contribution in [1.82, 2.24) is 4.90 Å². The van der Waals surface area contributed by atoms with E-state index in [9.17, 15) is 9.90 Å². The quantitative estimate of drug-likeness (QED) is 0.741. The zero-order valence-electron chi connectivity index (χ0n) is 12.6. The molecule has 4 heteroatoms. The second-order valence-corrected chi connectivity index (χ2v) is 5.17. The first-order valence-electron chi connectivity index (χ1n) is 7.14. The fourth-order valence-electron chi connectivity index (χ4n) is 2.02. The summed E-state index contributed by atoms with van der Waals surface area (Å²) in [7, 11) is 0. The molecule has 1 rings (SSSR count). The SMILES string of the molecule is CCOC(=O)CC(O)CN(Cc1ccccc1)C(C)C. The van der Waals surface area contributed by atoms with Gasteiger partial charge in [-0.3, -0.25) is 9.69 Å². The summed E-state index contributed by atoms with van der Waals surface area (Å²) < 4.78 is 4.86. The van der Waals surface area contributed by atoms with Crippen LogP contribution in [0.3, 0.4) is 0 Å². The van der Waals surface area contributed by atoms with E-state index in [1.54, 1.807) is 6.92 Å². The molecular weight excluding hydrogens is 254 g/mol. The van der Waals surface area contributed by atoms with Crippen molar-refractivity contribution >= 4 is 5.97 Å². The second-order valence-electron chi connectivity index (χ2n) is 5.17. The van der Waals surface area contributed by atoms with E-state index in [1.165, 1.54) is 5.56 Å². The molecule has 0 aliphatic carbocycles. The first-order valence-corrected chi connectivity index (χ1v) is 7.14. The molecule has 0 bridgehead atoms. The molecule has 0 saturated heterocycles. The van der Waals surface area contributed by atoms with Gasteiger partial charge in [0.15, 0.2) is 0 Å². The van der Waals surface area contributed by atoms with E-state index in [-0.39, 0.29) is 12.4 Å². The highest BCUT2D eigenvalue weighted by atomic mass is 16.5. The predicted octanol–water partition coefficient (Wildman–Crippen LogP) is 2.21. The lowest BCUT2D eigenvalue weighted by molar-refractivity contribution is -0.145. The van der Waals surface area contributed by atoms with Gasteiger partial charge in [0.25, 0.3) is 0 Å². The van der Waals surface area contributed by atoms with Crippen molar-refractivity contribution in [3.05, 3.63) is 35.9 Å². The Morgan fingerprint density at radius 1 is 1.30 bits per heavy atom. The lowest BCUT2D eigenvalue weighted by atomic mass is 10.1. The molecule has 0 radical (unpaired) electrons.